The lowest BCUT2D eigenvalue weighted by molar-refractivity contribution is -0.137. The number of nitrogens with one attached hydrogen (secondary N) is 1. The monoisotopic (exact) mass is 644 g/mol. The van der Waals surface area contributed by atoms with Crippen LogP contribution in [0.25, 0.3) is 10.9 Å². The Morgan fingerprint density at radius 3 is 2.47 bits per heavy atom. The fourth-order valence-corrected chi connectivity index (χ4v) is 6.06. The third-order valence-electron chi connectivity index (χ3n) is 8.43. The van der Waals surface area contributed by atoms with Crippen molar-refractivity contribution in [2.24, 2.45) is 5.92 Å². The van der Waals surface area contributed by atoms with E-state index in [1.807, 2.05) is 24.3 Å². The van der Waals surface area contributed by atoms with E-state index in [2.05, 4.69) is 10.3 Å². The van der Waals surface area contributed by atoms with Crippen LogP contribution >= 0.6 is 0 Å². The molecule has 0 unspecified atom stereocenters. The average Bonchev–Trinajstić information content (AvgIpc) is 3.84. The number of carbonyl (C=O) groups excluding carboxylic acids is 3. The molecule has 0 spiro atoms. The van der Waals surface area contributed by atoms with Gasteiger partial charge in [-0.1, -0.05) is 32.0 Å². The number of anilines is 2. The van der Waals surface area contributed by atoms with Crippen LogP contribution in [0, 0.1) is 5.92 Å². The maximum atomic E-state index is 14.4. The Morgan fingerprint density at radius 1 is 1.11 bits per heavy atom. The van der Waals surface area contributed by atoms with E-state index in [-0.39, 0.29) is 23.8 Å². The molecule has 0 bridgehead atoms. The fraction of sp³-hybridized carbons (Fsp3) is 0.438. The number of aromatic nitrogens is 1. The third kappa shape index (κ3) is 7.13. The molecule has 1 aromatic heterocycles. The predicted octanol–water partition coefficient (Wildman–Crippen LogP) is 4.98. The van der Waals surface area contributed by atoms with E-state index in [1.54, 1.807) is 20.0 Å². The molecular formula is C32H35F3N4O5S. The molecule has 0 saturated heterocycles. The summed E-state index contributed by atoms with van der Waals surface area (Å²) in [7, 11) is -3.59. The van der Waals surface area contributed by atoms with E-state index in [1.165, 1.54) is 4.90 Å². The van der Waals surface area contributed by atoms with Gasteiger partial charge in [0, 0.05) is 30.2 Å². The molecule has 1 fully saturated rings. The van der Waals surface area contributed by atoms with Gasteiger partial charge >= 0.3 is 6.18 Å². The second-order valence-electron chi connectivity index (χ2n) is 11.9. The molecule has 2 heterocycles. The van der Waals surface area contributed by atoms with E-state index in [9.17, 15) is 36.0 Å². The molecule has 1 aliphatic heterocycles. The summed E-state index contributed by atoms with van der Waals surface area (Å²) in [5.41, 5.74) is 1.22. The zero-order valence-corrected chi connectivity index (χ0v) is 26.0. The van der Waals surface area contributed by atoms with Crippen LogP contribution in [-0.4, -0.2) is 55.7 Å². The standard InChI is InChI=1S/C32H35F3N4O5S/c1-4-19(2)30(41)37-26-18-38(29(40)13-14-45(3,43)44)28-15-21(32(33,34)35)11-12-27(28)39(31(26)42)17-24-22-7-5-6-8-25(22)36-16-23(24)20-9-10-20/h5-8,11-12,15-16,19-20,26H,4,9-10,13-14,17-18H2,1-3H3,(H,37,41)/t19-,26+/m1/s1. The van der Waals surface area contributed by atoms with Crippen molar-refractivity contribution in [1.29, 1.82) is 0 Å². The maximum absolute atomic E-state index is 14.4. The molecule has 13 heteroatoms. The molecule has 2 aliphatic rings. The molecule has 2 atom stereocenters. The van der Waals surface area contributed by atoms with Crippen molar-refractivity contribution in [3.8, 4) is 0 Å². The molecule has 240 valence electrons. The van der Waals surface area contributed by atoms with Crippen molar-refractivity contribution in [3.63, 3.8) is 0 Å². The highest BCUT2D eigenvalue weighted by atomic mass is 32.2. The Morgan fingerprint density at radius 2 is 1.82 bits per heavy atom. The first-order valence-corrected chi connectivity index (χ1v) is 16.9. The van der Waals surface area contributed by atoms with Gasteiger partial charge < -0.3 is 15.1 Å². The van der Waals surface area contributed by atoms with Crippen LogP contribution in [0.5, 0.6) is 0 Å². The molecule has 45 heavy (non-hydrogen) atoms. The number of fused-ring (bicyclic) bond motifs is 2. The first kappa shape index (κ1) is 32.4. The molecule has 1 N–H and O–H groups in total. The van der Waals surface area contributed by atoms with Crippen LogP contribution in [0.4, 0.5) is 24.5 Å². The molecule has 2 aromatic carbocycles. The summed E-state index contributed by atoms with van der Waals surface area (Å²) in [6, 6.07) is 8.89. The Hall–Kier alpha value is -4.00. The lowest BCUT2D eigenvalue weighted by Gasteiger charge is -2.28. The maximum Gasteiger partial charge on any atom is 0.416 e. The lowest BCUT2D eigenvalue weighted by atomic mass is 9.99. The zero-order chi connectivity index (χ0) is 32.7. The van der Waals surface area contributed by atoms with Crippen LogP contribution in [-0.2, 0) is 36.9 Å². The van der Waals surface area contributed by atoms with Gasteiger partial charge in [0.15, 0.2) is 0 Å². The lowest BCUT2D eigenvalue weighted by Crippen LogP contribution is -2.53. The Bertz CT molecular complexity index is 1760. The van der Waals surface area contributed by atoms with E-state index < -0.39 is 70.0 Å². The summed E-state index contributed by atoms with van der Waals surface area (Å²) in [5.74, 6) is -2.63. The number of amides is 3. The smallest absolute Gasteiger partial charge is 0.342 e. The zero-order valence-electron chi connectivity index (χ0n) is 25.2. The number of pyridine rings is 1. The van der Waals surface area contributed by atoms with Crippen molar-refractivity contribution < 1.29 is 36.0 Å². The topological polar surface area (TPSA) is 117 Å². The minimum atomic E-state index is -4.76. The summed E-state index contributed by atoms with van der Waals surface area (Å²) in [6.45, 7) is 2.96. The number of alkyl halides is 3. The number of sulfone groups is 1. The molecular weight excluding hydrogens is 609 g/mol. The highest BCUT2D eigenvalue weighted by molar-refractivity contribution is 7.90. The molecule has 1 saturated carbocycles. The first-order chi connectivity index (χ1) is 21.2. The molecule has 1 aliphatic carbocycles. The number of hydrogen-bond acceptors (Lipinski definition) is 6. The van der Waals surface area contributed by atoms with E-state index in [0.29, 0.717) is 11.9 Å². The van der Waals surface area contributed by atoms with E-state index in [0.717, 1.165) is 58.7 Å². The van der Waals surface area contributed by atoms with Gasteiger partial charge in [-0.05, 0) is 60.6 Å². The summed E-state index contributed by atoms with van der Waals surface area (Å²) < 4.78 is 65.8. The summed E-state index contributed by atoms with van der Waals surface area (Å²) >= 11 is 0. The SMILES string of the molecule is CC[C@@H](C)C(=O)N[C@H]1CN(C(=O)CCS(C)(=O)=O)c2cc(C(F)(F)F)ccc2N(Cc2c(C3CC3)cnc3ccccc23)C1=O. The third-order valence-corrected chi connectivity index (χ3v) is 9.38. The van der Waals surface area contributed by atoms with Gasteiger partial charge in [-0.3, -0.25) is 19.4 Å². The molecule has 0 radical (unpaired) electrons. The molecule has 3 amide bonds. The van der Waals surface area contributed by atoms with Gasteiger partial charge in [0.2, 0.25) is 11.8 Å². The van der Waals surface area contributed by atoms with Crippen LogP contribution < -0.4 is 15.1 Å². The van der Waals surface area contributed by atoms with Crippen LogP contribution in [0.1, 0.15) is 62.1 Å². The van der Waals surface area contributed by atoms with Gasteiger partial charge in [0.1, 0.15) is 15.9 Å². The van der Waals surface area contributed by atoms with E-state index >= 15 is 0 Å². The number of halogens is 3. The largest absolute Gasteiger partial charge is 0.416 e. The van der Waals surface area contributed by atoms with Gasteiger partial charge in [-0.15, -0.1) is 0 Å². The minimum Gasteiger partial charge on any atom is -0.342 e. The number of hydrogen-bond donors (Lipinski definition) is 1. The minimum absolute atomic E-state index is 0.0450. The number of nitrogens with zero attached hydrogens (tertiary/aromatic N) is 3. The second-order valence-corrected chi connectivity index (χ2v) is 14.1. The predicted molar refractivity (Wildman–Crippen MR) is 164 cm³/mol. The Labute approximate surface area is 259 Å². The van der Waals surface area contributed by atoms with Gasteiger partial charge in [0.05, 0.1) is 41.3 Å². The summed E-state index contributed by atoms with van der Waals surface area (Å²) in [6.07, 6.45) is -0.219. The fourth-order valence-electron chi connectivity index (χ4n) is 5.52. The molecule has 3 aromatic rings. The van der Waals surface area contributed by atoms with Crippen molar-refractivity contribution in [3.05, 3.63) is 65.4 Å². The van der Waals surface area contributed by atoms with Crippen molar-refractivity contribution >= 4 is 49.8 Å². The summed E-state index contributed by atoms with van der Waals surface area (Å²) in [5, 5.41) is 3.51. The van der Waals surface area contributed by atoms with Crippen LogP contribution in [0.15, 0.2) is 48.7 Å². The highest BCUT2D eigenvalue weighted by Crippen LogP contribution is 2.45. The van der Waals surface area contributed by atoms with Crippen LogP contribution in [0.2, 0.25) is 0 Å². The first-order valence-electron chi connectivity index (χ1n) is 14.9. The van der Waals surface area contributed by atoms with Crippen LogP contribution in [0.3, 0.4) is 0 Å². The van der Waals surface area contributed by atoms with Crippen molar-refractivity contribution in [2.45, 2.75) is 64.2 Å². The molecule has 9 nitrogen and oxygen atoms in total. The van der Waals surface area contributed by atoms with E-state index in [4.69, 9.17) is 0 Å². The Kier molecular flexibility index (Phi) is 8.94. The summed E-state index contributed by atoms with van der Waals surface area (Å²) in [4.78, 5) is 47.9. The quantitative estimate of drug-likeness (QED) is 0.352. The van der Waals surface area contributed by atoms with Gasteiger partial charge in [-0.25, -0.2) is 8.42 Å². The van der Waals surface area contributed by atoms with Gasteiger partial charge in [0.25, 0.3) is 5.91 Å². The number of carbonyl (C=O) groups is 3. The Balaban J connectivity index is 1.69. The number of benzene rings is 2. The van der Waals surface area contributed by atoms with Crippen molar-refractivity contribution in [1.82, 2.24) is 10.3 Å². The van der Waals surface area contributed by atoms with Gasteiger partial charge in [-0.2, -0.15) is 13.2 Å². The van der Waals surface area contributed by atoms with Crippen molar-refractivity contribution in [2.75, 3.05) is 28.4 Å². The number of para-hydroxylation sites is 1. The highest BCUT2D eigenvalue weighted by Gasteiger charge is 2.40. The normalized spacial score (nSPS) is 18.0. The molecule has 5 rings (SSSR count). The second kappa shape index (κ2) is 12.4. The number of rotatable bonds is 9. The average molecular weight is 645 g/mol.